The molecular weight excluding hydrogens is 606 g/mol. The number of phosphoric ester groups is 1. The van der Waals surface area contributed by atoms with Crippen LogP contribution in [0, 0.1) is 5.92 Å². The minimum atomic E-state index is -5.10. The van der Waals surface area contributed by atoms with Crippen molar-refractivity contribution in [1.29, 1.82) is 0 Å². The van der Waals surface area contributed by atoms with Crippen LogP contribution in [-0.4, -0.2) is 73.1 Å². The molecule has 5 rings (SSSR count). The lowest BCUT2D eigenvalue weighted by molar-refractivity contribution is -0.144. The van der Waals surface area contributed by atoms with Crippen molar-refractivity contribution in [3.8, 4) is 5.75 Å². The molecule has 8 atom stereocenters. The molecular formula is C22H27ClN6O10P2. The van der Waals surface area contributed by atoms with Crippen molar-refractivity contribution >= 4 is 50.1 Å². The number of hydrogen-bond donors (Lipinski definition) is 4. The van der Waals surface area contributed by atoms with E-state index in [1.165, 1.54) is 25.4 Å². The zero-order valence-electron chi connectivity index (χ0n) is 21.6. The predicted octanol–water partition coefficient (Wildman–Crippen LogP) is 2.22. The molecule has 1 aliphatic heterocycles. The quantitative estimate of drug-likeness (QED) is 0.128. The molecule has 1 saturated carbocycles. The van der Waals surface area contributed by atoms with E-state index in [0.29, 0.717) is 11.2 Å². The molecule has 5 N–H and O–H groups in total. The first-order valence-electron chi connectivity index (χ1n) is 12.4. The molecule has 222 valence electrons. The second kappa shape index (κ2) is 11.6. The third-order valence-electron chi connectivity index (χ3n) is 6.39. The third kappa shape index (κ3) is 6.41. The number of hydrogen-bond acceptors (Lipinski definition) is 13. The van der Waals surface area contributed by atoms with Gasteiger partial charge >= 0.3 is 21.5 Å². The molecule has 2 aliphatic rings. The highest BCUT2D eigenvalue weighted by Crippen LogP contribution is 2.61. The normalized spacial score (nSPS) is 27.0. The van der Waals surface area contributed by atoms with Crippen LogP contribution >= 0.6 is 27.2 Å². The zero-order chi connectivity index (χ0) is 29.5. The molecule has 0 spiro atoms. The zero-order valence-corrected chi connectivity index (χ0v) is 24.2. The number of nitrogens with two attached hydrogens (primary N) is 1. The van der Waals surface area contributed by atoms with E-state index < -0.39 is 58.4 Å². The maximum absolute atomic E-state index is 13.5. The molecule has 1 aromatic carbocycles. The summed E-state index contributed by atoms with van der Waals surface area (Å²) in [4.78, 5) is 34.7. The lowest BCUT2D eigenvalue weighted by Crippen LogP contribution is -2.35. The number of esters is 1. The molecule has 2 aromatic heterocycles. The van der Waals surface area contributed by atoms with Crippen molar-refractivity contribution in [3.05, 3.63) is 41.9 Å². The standard InChI is InChI=1S/C22H27ClN6O10P2/c1-3-35-21(31)11(2)28-40(32,38-12-7-5-4-6-8-12)39-41(33,34)36-9-13-17(30)14-16(18(14)37-13)29-10-25-15-19(24)26-22(23)27-20(15)29/h4-8,10-11,13-14,16-18,30H,3,9H2,1-2H3,(H,28,32)(H,33,34)(H2,24,26,27)/t11-,13?,14?,16?,17?,18?,40?/m0/s1. The highest BCUT2D eigenvalue weighted by molar-refractivity contribution is 7.63. The van der Waals surface area contributed by atoms with Crippen LogP contribution in [0.4, 0.5) is 5.82 Å². The van der Waals surface area contributed by atoms with Gasteiger partial charge in [-0.3, -0.25) is 9.32 Å². The number of para-hydroxylation sites is 1. The van der Waals surface area contributed by atoms with E-state index >= 15 is 0 Å². The Labute approximate surface area is 238 Å². The number of ether oxygens (including phenoxy) is 2. The third-order valence-corrected chi connectivity index (χ3v) is 9.88. The van der Waals surface area contributed by atoms with Crippen LogP contribution in [0.2, 0.25) is 5.28 Å². The lowest BCUT2D eigenvalue weighted by Gasteiger charge is -2.25. The van der Waals surface area contributed by atoms with Gasteiger partial charge in [0.1, 0.15) is 23.4 Å². The molecule has 2 fully saturated rings. The van der Waals surface area contributed by atoms with Crippen LogP contribution in [-0.2, 0) is 32.2 Å². The first kappa shape index (κ1) is 29.8. The highest BCUT2D eigenvalue weighted by Gasteiger charge is 2.65. The fourth-order valence-corrected chi connectivity index (χ4v) is 7.70. The van der Waals surface area contributed by atoms with E-state index in [2.05, 4.69) is 20.0 Å². The Kier molecular flexibility index (Phi) is 8.41. The number of aliphatic hydroxyl groups excluding tert-OH is 1. The molecule has 19 heteroatoms. The fourth-order valence-electron chi connectivity index (χ4n) is 4.57. The minimum absolute atomic E-state index is 0.0282. The van der Waals surface area contributed by atoms with Crippen molar-refractivity contribution < 1.29 is 46.8 Å². The van der Waals surface area contributed by atoms with E-state index in [0.717, 1.165) is 0 Å². The van der Waals surface area contributed by atoms with Crippen LogP contribution in [0.25, 0.3) is 11.2 Å². The van der Waals surface area contributed by atoms with Crippen molar-refractivity contribution in [2.24, 2.45) is 5.92 Å². The van der Waals surface area contributed by atoms with Gasteiger partial charge in [-0.15, -0.1) is 0 Å². The number of benzene rings is 1. The summed E-state index contributed by atoms with van der Waals surface area (Å²) < 4.78 is 54.0. The minimum Gasteiger partial charge on any atom is -0.465 e. The average molecular weight is 633 g/mol. The maximum Gasteiger partial charge on any atom is 0.481 e. The van der Waals surface area contributed by atoms with E-state index in [4.69, 9.17) is 40.2 Å². The summed E-state index contributed by atoms with van der Waals surface area (Å²) in [6.07, 6.45) is -1.11. The van der Waals surface area contributed by atoms with Gasteiger partial charge in [-0.05, 0) is 37.6 Å². The monoisotopic (exact) mass is 632 g/mol. The van der Waals surface area contributed by atoms with E-state index in [9.17, 15) is 23.9 Å². The smallest absolute Gasteiger partial charge is 0.465 e. The number of rotatable bonds is 12. The fraction of sp³-hybridized carbons (Fsp3) is 0.455. The van der Waals surface area contributed by atoms with Crippen LogP contribution in [0.3, 0.4) is 0 Å². The second-order valence-corrected chi connectivity index (χ2v) is 12.9. The number of aromatic nitrogens is 4. The number of carbonyl (C=O) groups is 1. The largest absolute Gasteiger partial charge is 0.481 e. The van der Waals surface area contributed by atoms with E-state index in [1.807, 2.05) is 0 Å². The topological polar surface area (TPSA) is 219 Å². The molecule has 3 aromatic rings. The van der Waals surface area contributed by atoms with Crippen LogP contribution in [0.5, 0.6) is 5.75 Å². The number of carbonyl (C=O) groups excluding carboxylic acids is 1. The van der Waals surface area contributed by atoms with Gasteiger partial charge in [0, 0.05) is 5.92 Å². The van der Waals surface area contributed by atoms with Gasteiger partial charge in [-0.1, -0.05) is 18.2 Å². The average Bonchev–Trinajstić information content (AvgIpc) is 3.26. The van der Waals surface area contributed by atoms with Crippen LogP contribution in [0.1, 0.15) is 19.9 Å². The molecule has 41 heavy (non-hydrogen) atoms. The molecule has 3 heterocycles. The van der Waals surface area contributed by atoms with Crippen molar-refractivity contribution in [1.82, 2.24) is 24.6 Å². The molecule has 0 bridgehead atoms. The molecule has 16 nitrogen and oxygen atoms in total. The Bertz CT molecular complexity index is 1530. The van der Waals surface area contributed by atoms with E-state index in [1.54, 1.807) is 29.7 Å². The highest BCUT2D eigenvalue weighted by atomic mass is 35.5. The first-order chi connectivity index (χ1) is 19.4. The summed E-state index contributed by atoms with van der Waals surface area (Å²) >= 11 is 5.92. The number of imidazole rings is 1. The maximum atomic E-state index is 13.5. The number of phosphoric acid groups is 1. The Morgan fingerprint density at radius 2 is 2.02 bits per heavy atom. The first-order valence-corrected chi connectivity index (χ1v) is 15.8. The summed E-state index contributed by atoms with van der Waals surface area (Å²) in [7, 11) is -9.78. The number of nitrogens with one attached hydrogen (secondary N) is 1. The number of nitrogen functional groups attached to an aromatic ring is 1. The molecule has 0 radical (unpaired) electrons. The van der Waals surface area contributed by atoms with Crippen LogP contribution < -0.4 is 15.3 Å². The summed E-state index contributed by atoms with van der Waals surface area (Å²) in [5, 5.41) is 13.0. The van der Waals surface area contributed by atoms with Gasteiger partial charge in [0.25, 0.3) is 0 Å². The Morgan fingerprint density at radius 1 is 1.29 bits per heavy atom. The summed E-state index contributed by atoms with van der Waals surface area (Å²) in [5.41, 5.74) is 6.57. The van der Waals surface area contributed by atoms with Crippen molar-refractivity contribution in [3.63, 3.8) is 0 Å². The Balaban J connectivity index is 1.23. The van der Waals surface area contributed by atoms with Gasteiger partial charge in [0.2, 0.25) is 5.28 Å². The van der Waals surface area contributed by atoms with Gasteiger partial charge in [0.15, 0.2) is 11.5 Å². The summed E-state index contributed by atoms with van der Waals surface area (Å²) in [6, 6.07) is 6.10. The number of fused-ring (bicyclic) bond motifs is 2. The number of anilines is 1. The van der Waals surface area contributed by atoms with Gasteiger partial charge in [0.05, 0.1) is 37.8 Å². The lowest BCUT2D eigenvalue weighted by atomic mass is 10.1. The number of halogens is 1. The second-order valence-electron chi connectivity index (χ2n) is 9.25. The summed E-state index contributed by atoms with van der Waals surface area (Å²) in [5.74, 6) is -1.06. The van der Waals surface area contributed by atoms with Gasteiger partial charge in [-0.25, -0.2) is 14.1 Å². The molecule has 0 amide bonds. The predicted molar refractivity (Wildman–Crippen MR) is 143 cm³/mol. The molecule has 7 unspecified atom stereocenters. The summed E-state index contributed by atoms with van der Waals surface area (Å²) in [6.45, 7) is 2.37. The molecule has 1 aliphatic carbocycles. The molecule has 1 saturated heterocycles. The SMILES string of the molecule is CCOC(=O)[C@H](C)NP(=O)(Oc1ccccc1)OP(=O)(O)OCC1OC2C(C1O)C2n1cnc2c(N)nc(Cl)nc21. The van der Waals surface area contributed by atoms with Crippen LogP contribution in [0.15, 0.2) is 36.7 Å². The number of aliphatic hydroxyl groups is 1. The van der Waals surface area contributed by atoms with Crippen molar-refractivity contribution in [2.45, 2.75) is 44.2 Å². The van der Waals surface area contributed by atoms with Gasteiger partial charge in [-0.2, -0.15) is 19.4 Å². The van der Waals surface area contributed by atoms with E-state index in [-0.39, 0.29) is 29.5 Å². The Hall–Kier alpha value is -2.65. The Morgan fingerprint density at radius 3 is 2.68 bits per heavy atom. The van der Waals surface area contributed by atoms with Crippen molar-refractivity contribution in [2.75, 3.05) is 18.9 Å². The van der Waals surface area contributed by atoms with Gasteiger partial charge < -0.3 is 34.3 Å². The number of nitrogens with zero attached hydrogens (tertiary/aromatic N) is 4.